The third kappa shape index (κ3) is 4.27. The lowest BCUT2D eigenvalue weighted by Crippen LogP contribution is -2.17. The van der Waals surface area contributed by atoms with E-state index >= 15 is 0 Å². The second-order valence-corrected chi connectivity index (χ2v) is 7.39. The molecule has 0 fully saturated rings. The molecule has 0 aliphatic heterocycles. The number of hydrogen-bond acceptors (Lipinski definition) is 4. The normalized spacial score (nSPS) is 12.8. The van der Waals surface area contributed by atoms with Gasteiger partial charge in [0.1, 0.15) is 9.77 Å². The van der Waals surface area contributed by atoms with Gasteiger partial charge in [0.05, 0.1) is 16.8 Å². The van der Waals surface area contributed by atoms with Crippen molar-refractivity contribution in [1.82, 2.24) is 0 Å². The average molecular weight is 419 g/mol. The van der Waals surface area contributed by atoms with Crippen molar-refractivity contribution in [2.75, 3.05) is 4.72 Å². The van der Waals surface area contributed by atoms with Crippen LogP contribution in [0.2, 0.25) is 0 Å². The molecular weight excluding hydrogens is 412 g/mol. The van der Waals surface area contributed by atoms with Crippen molar-refractivity contribution < 1.29 is 44.7 Å². The fraction of sp³-hybridized carbons (Fsp3) is 0.154. The molecule has 26 heavy (non-hydrogen) atoms. The summed E-state index contributed by atoms with van der Waals surface area (Å²) >= 11 is 0.531. The molecule has 0 aliphatic rings. The molecule has 0 amide bonds. The Labute approximate surface area is 145 Å². The molecule has 142 valence electrons. The molecule has 13 heteroatoms. The van der Waals surface area contributed by atoms with Crippen LogP contribution in [0, 0.1) is 0 Å². The van der Waals surface area contributed by atoms with Crippen LogP contribution in [0.25, 0.3) is 0 Å². The van der Waals surface area contributed by atoms with Gasteiger partial charge in [-0.3, -0.25) is 4.72 Å². The first-order chi connectivity index (χ1) is 11.7. The van der Waals surface area contributed by atoms with Crippen molar-refractivity contribution in [3.05, 3.63) is 45.6 Å². The van der Waals surface area contributed by atoms with E-state index in [1.54, 1.807) is 4.72 Å². The van der Waals surface area contributed by atoms with Crippen molar-refractivity contribution in [3.63, 3.8) is 0 Å². The number of carboxylic acids is 1. The van der Waals surface area contributed by atoms with Gasteiger partial charge in [-0.15, -0.1) is 11.3 Å². The fourth-order valence-electron chi connectivity index (χ4n) is 1.89. The van der Waals surface area contributed by atoms with Crippen LogP contribution in [-0.2, 0) is 22.4 Å². The molecule has 5 nitrogen and oxygen atoms in total. The predicted octanol–water partition coefficient (Wildman–Crippen LogP) is 4.28. The van der Waals surface area contributed by atoms with Gasteiger partial charge in [0.2, 0.25) is 0 Å². The molecule has 0 radical (unpaired) electrons. The van der Waals surface area contributed by atoms with Crippen molar-refractivity contribution in [2.24, 2.45) is 0 Å². The van der Waals surface area contributed by atoms with Gasteiger partial charge in [-0.05, 0) is 29.6 Å². The molecule has 2 aromatic rings. The van der Waals surface area contributed by atoms with Crippen LogP contribution < -0.4 is 4.72 Å². The van der Waals surface area contributed by atoms with E-state index in [-0.39, 0.29) is 18.2 Å². The average Bonchev–Trinajstić information content (AvgIpc) is 2.95. The van der Waals surface area contributed by atoms with E-state index in [4.69, 9.17) is 5.11 Å². The summed E-state index contributed by atoms with van der Waals surface area (Å²) in [5, 5.41) is 10.0. The maximum atomic E-state index is 12.8. The fourth-order valence-corrected chi connectivity index (χ4v) is 4.19. The van der Waals surface area contributed by atoms with Gasteiger partial charge in [-0.25, -0.2) is 13.2 Å². The SMILES string of the molecule is O=C(O)c1sccc1S(=O)(=O)Nc1cc(C(F)(F)F)cc(C(F)(F)F)c1. The summed E-state index contributed by atoms with van der Waals surface area (Å²) in [5.74, 6) is -1.61. The predicted molar refractivity (Wildman–Crippen MR) is 78.5 cm³/mol. The van der Waals surface area contributed by atoms with E-state index in [0.717, 1.165) is 11.4 Å². The Morgan fingerprint density at radius 1 is 1.00 bits per heavy atom. The van der Waals surface area contributed by atoms with Crippen LogP contribution in [0.15, 0.2) is 34.5 Å². The number of aromatic carboxylic acids is 1. The highest BCUT2D eigenvalue weighted by atomic mass is 32.2. The molecule has 1 aromatic carbocycles. The van der Waals surface area contributed by atoms with Crippen molar-refractivity contribution in [1.29, 1.82) is 0 Å². The van der Waals surface area contributed by atoms with Gasteiger partial charge in [0, 0.05) is 0 Å². The van der Waals surface area contributed by atoms with Gasteiger partial charge in [0.25, 0.3) is 10.0 Å². The number of benzene rings is 1. The Hall–Kier alpha value is -2.28. The van der Waals surface area contributed by atoms with Gasteiger partial charge in [-0.2, -0.15) is 26.3 Å². The zero-order valence-electron chi connectivity index (χ0n) is 12.1. The Morgan fingerprint density at radius 3 is 1.92 bits per heavy atom. The molecule has 1 heterocycles. The topological polar surface area (TPSA) is 83.5 Å². The summed E-state index contributed by atoms with van der Waals surface area (Å²) in [6.07, 6.45) is -10.3. The highest BCUT2D eigenvalue weighted by Gasteiger charge is 2.37. The zero-order chi connectivity index (χ0) is 19.9. The first-order valence-corrected chi connectivity index (χ1v) is 8.71. The lowest BCUT2D eigenvalue weighted by molar-refractivity contribution is -0.143. The molecule has 0 aliphatic carbocycles. The second kappa shape index (κ2) is 6.46. The lowest BCUT2D eigenvalue weighted by atomic mass is 10.1. The van der Waals surface area contributed by atoms with Crippen LogP contribution in [0.5, 0.6) is 0 Å². The molecular formula is C13H7F6NO4S2. The third-order valence-corrected chi connectivity index (χ3v) is 5.41. The second-order valence-electron chi connectivity index (χ2n) is 4.82. The Morgan fingerprint density at radius 2 is 1.50 bits per heavy atom. The first-order valence-electron chi connectivity index (χ1n) is 6.35. The number of anilines is 1. The summed E-state index contributed by atoms with van der Waals surface area (Å²) < 4.78 is 103. The molecule has 0 unspecified atom stereocenters. The Balaban J connectivity index is 2.55. The quantitative estimate of drug-likeness (QED) is 0.725. The van der Waals surface area contributed by atoms with Crippen LogP contribution >= 0.6 is 11.3 Å². The Kier molecular flexibility index (Phi) is 4.98. The van der Waals surface area contributed by atoms with E-state index in [1.165, 1.54) is 0 Å². The minimum absolute atomic E-state index is 0.162. The maximum Gasteiger partial charge on any atom is 0.416 e. The summed E-state index contributed by atoms with van der Waals surface area (Å²) in [6.45, 7) is 0. The van der Waals surface area contributed by atoms with Gasteiger partial charge < -0.3 is 5.11 Å². The number of carbonyl (C=O) groups is 1. The number of rotatable bonds is 4. The molecule has 0 spiro atoms. The minimum atomic E-state index is -5.16. The molecule has 2 N–H and O–H groups in total. The highest BCUT2D eigenvalue weighted by Crippen LogP contribution is 2.38. The van der Waals surface area contributed by atoms with E-state index in [9.17, 15) is 39.6 Å². The van der Waals surface area contributed by atoms with Gasteiger partial charge in [0.15, 0.2) is 0 Å². The number of thiophene rings is 1. The Bertz CT molecular complexity index is 914. The summed E-state index contributed by atoms with van der Waals surface area (Å²) in [7, 11) is -4.73. The molecule has 0 atom stereocenters. The largest absolute Gasteiger partial charge is 0.477 e. The number of sulfonamides is 1. The summed E-state index contributed by atoms with van der Waals surface area (Å²) in [4.78, 5) is 9.56. The van der Waals surface area contributed by atoms with Crippen LogP contribution in [0.3, 0.4) is 0 Å². The number of alkyl halides is 6. The van der Waals surface area contributed by atoms with Crippen LogP contribution in [0.4, 0.5) is 32.0 Å². The standard InChI is InChI=1S/C13H7F6NO4S2/c14-12(15,16)6-3-7(13(17,18)19)5-8(4-6)20-26(23,24)9-1-2-25-10(9)11(21)22/h1-5,20H,(H,21,22). The monoisotopic (exact) mass is 419 g/mol. The van der Waals surface area contributed by atoms with Crippen molar-refractivity contribution >= 4 is 33.0 Å². The molecule has 1 aromatic heterocycles. The van der Waals surface area contributed by atoms with Crippen molar-refractivity contribution in [3.8, 4) is 0 Å². The van der Waals surface area contributed by atoms with Gasteiger partial charge >= 0.3 is 18.3 Å². The van der Waals surface area contributed by atoms with Crippen LogP contribution in [0.1, 0.15) is 20.8 Å². The molecule has 2 rings (SSSR count). The minimum Gasteiger partial charge on any atom is -0.477 e. The summed E-state index contributed by atoms with van der Waals surface area (Å²) in [6, 6.07) is 1.07. The van der Waals surface area contributed by atoms with E-state index in [0.29, 0.717) is 11.3 Å². The third-order valence-electron chi connectivity index (χ3n) is 2.95. The molecule has 0 bridgehead atoms. The smallest absolute Gasteiger partial charge is 0.416 e. The highest BCUT2D eigenvalue weighted by molar-refractivity contribution is 7.93. The number of nitrogens with one attached hydrogen (secondary N) is 1. The number of halogens is 6. The molecule has 0 saturated heterocycles. The number of hydrogen-bond donors (Lipinski definition) is 2. The maximum absolute atomic E-state index is 12.8. The zero-order valence-corrected chi connectivity index (χ0v) is 13.8. The summed E-state index contributed by atoms with van der Waals surface area (Å²) in [5.41, 5.74) is -4.43. The van der Waals surface area contributed by atoms with E-state index < -0.39 is 54.9 Å². The molecule has 0 saturated carbocycles. The van der Waals surface area contributed by atoms with E-state index in [2.05, 4.69) is 0 Å². The van der Waals surface area contributed by atoms with E-state index in [1.807, 2.05) is 0 Å². The lowest BCUT2D eigenvalue weighted by Gasteiger charge is -2.15. The van der Waals surface area contributed by atoms with Crippen LogP contribution in [-0.4, -0.2) is 19.5 Å². The number of carboxylic acid groups (broad SMARTS) is 1. The van der Waals surface area contributed by atoms with Gasteiger partial charge in [-0.1, -0.05) is 0 Å². The van der Waals surface area contributed by atoms with Crippen molar-refractivity contribution in [2.45, 2.75) is 17.2 Å². The first kappa shape index (κ1) is 20.0.